The fourth-order valence-electron chi connectivity index (χ4n) is 2.05. The lowest BCUT2D eigenvalue weighted by atomic mass is 10.1. The van der Waals surface area contributed by atoms with Gasteiger partial charge in [-0.1, -0.05) is 11.6 Å². The number of nitrogens with one attached hydrogen (secondary N) is 2. The summed E-state index contributed by atoms with van der Waals surface area (Å²) in [6, 6.07) is 5.14. The first-order valence-electron chi connectivity index (χ1n) is 5.64. The van der Waals surface area contributed by atoms with Crippen LogP contribution in [0.5, 0.6) is 0 Å². The molecule has 0 saturated carbocycles. The second-order valence-electron chi connectivity index (χ2n) is 4.39. The fraction of sp³-hybridized carbons (Fsp3) is 0.231. The van der Waals surface area contributed by atoms with Gasteiger partial charge in [-0.25, -0.2) is 4.79 Å². The molecular weight excluding hydrogens is 230 g/mol. The van der Waals surface area contributed by atoms with E-state index in [0.29, 0.717) is 5.56 Å². The zero-order valence-electron chi connectivity index (χ0n) is 10.3. The number of hydrogen-bond donors (Lipinski definition) is 3. The summed E-state index contributed by atoms with van der Waals surface area (Å²) in [5, 5.41) is 3.37. The Bertz CT molecular complexity index is 674. The third kappa shape index (κ3) is 2.34. The Kier molecular flexibility index (Phi) is 3.06. The normalized spacial score (nSPS) is 10.6. The quantitative estimate of drug-likeness (QED) is 0.745. The number of fused-ring (bicyclic) bond motifs is 1. The number of primary amides is 1. The van der Waals surface area contributed by atoms with Crippen molar-refractivity contribution in [2.75, 3.05) is 0 Å². The van der Waals surface area contributed by atoms with Gasteiger partial charge in [-0.3, -0.25) is 4.79 Å². The number of aromatic amines is 1. The molecule has 18 heavy (non-hydrogen) atoms. The van der Waals surface area contributed by atoms with Gasteiger partial charge in [0.25, 0.3) is 5.56 Å². The predicted octanol–water partition coefficient (Wildman–Crippen LogP) is 1.31. The lowest BCUT2D eigenvalue weighted by Gasteiger charge is -2.07. The largest absolute Gasteiger partial charge is 0.352 e. The van der Waals surface area contributed by atoms with Crippen molar-refractivity contribution in [3.8, 4) is 0 Å². The molecule has 0 unspecified atom stereocenters. The van der Waals surface area contributed by atoms with Crippen molar-refractivity contribution in [1.82, 2.24) is 10.3 Å². The number of carbonyl (C=O) groups is 1. The number of aromatic nitrogens is 1. The maximum absolute atomic E-state index is 11.8. The van der Waals surface area contributed by atoms with Crippen LogP contribution >= 0.6 is 0 Å². The molecule has 2 rings (SSSR count). The summed E-state index contributed by atoms with van der Waals surface area (Å²) < 4.78 is 0. The van der Waals surface area contributed by atoms with Crippen LogP contribution in [0.15, 0.2) is 23.0 Å². The lowest BCUT2D eigenvalue weighted by Crippen LogP contribution is -2.31. The van der Waals surface area contributed by atoms with E-state index in [1.165, 1.54) is 0 Å². The van der Waals surface area contributed by atoms with Crippen LogP contribution in [-0.4, -0.2) is 11.0 Å². The van der Waals surface area contributed by atoms with E-state index in [1.807, 2.05) is 26.0 Å². The van der Waals surface area contributed by atoms with Crippen LogP contribution in [-0.2, 0) is 6.54 Å². The molecule has 0 bridgehead atoms. The van der Waals surface area contributed by atoms with Crippen molar-refractivity contribution in [3.63, 3.8) is 0 Å². The second kappa shape index (κ2) is 4.52. The zero-order chi connectivity index (χ0) is 13.3. The van der Waals surface area contributed by atoms with Gasteiger partial charge in [0.2, 0.25) is 0 Å². The van der Waals surface area contributed by atoms with Crippen LogP contribution < -0.4 is 16.6 Å². The Hall–Kier alpha value is -2.30. The van der Waals surface area contributed by atoms with Crippen molar-refractivity contribution in [2.24, 2.45) is 5.73 Å². The number of rotatable bonds is 2. The molecule has 1 aromatic heterocycles. The van der Waals surface area contributed by atoms with Crippen LogP contribution in [0.2, 0.25) is 0 Å². The Balaban J connectivity index is 2.54. The molecule has 0 saturated heterocycles. The number of aryl methyl sites for hydroxylation is 2. The second-order valence-corrected chi connectivity index (χ2v) is 4.39. The van der Waals surface area contributed by atoms with Gasteiger partial charge in [-0.2, -0.15) is 0 Å². The molecule has 0 atom stereocenters. The van der Waals surface area contributed by atoms with E-state index in [-0.39, 0.29) is 12.1 Å². The molecule has 5 nitrogen and oxygen atoms in total. The zero-order valence-corrected chi connectivity index (χ0v) is 10.3. The van der Waals surface area contributed by atoms with E-state index in [9.17, 15) is 9.59 Å². The van der Waals surface area contributed by atoms with Gasteiger partial charge < -0.3 is 16.0 Å². The standard InChI is InChI=1S/C13H15N3O2/c1-7-3-8(2)11-9(4-7)5-10(12(17)16-11)6-15-13(14)18/h3-5H,6H2,1-2H3,(H,16,17)(H3,14,15,18). The van der Waals surface area contributed by atoms with Gasteiger partial charge in [0.05, 0.1) is 5.52 Å². The van der Waals surface area contributed by atoms with Gasteiger partial charge in [0, 0.05) is 12.1 Å². The van der Waals surface area contributed by atoms with Crippen molar-refractivity contribution >= 4 is 16.9 Å². The lowest BCUT2D eigenvalue weighted by molar-refractivity contribution is 0.248. The minimum atomic E-state index is -0.644. The molecule has 2 aromatic rings. The average molecular weight is 245 g/mol. The van der Waals surface area contributed by atoms with Crippen molar-refractivity contribution in [3.05, 3.63) is 45.2 Å². The molecule has 1 aromatic carbocycles. The van der Waals surface area contributed by atoms with E-state index >= 15 is 0 Å². The number of amides is 2. The van der Waals surface area contributed by atoms with Gasteiger partial charge in [0.1, 0.15) is 0 Å². The van der Waals surface area contributed by atoms with Gasteiger partial charge >= 0.3 is 6.03 Å². The molecule has 0 fully saturated rings. The van der Waals surface area contributed by atoms with E-state index < -0.39 is 6.03 Å². The molecule has 0 radical (unpaired) electrons. The Labute approximate surface area is 104 Å². The van der Waals surface area contributed by atoms with Crippen LogP contribution in [0, 0.1) is 13.8 Å². The third-order valence-electron chi connectivity index (χ3n) is 2.82. The maximum Gasteiger partial charge on any atom is 0.312 e. The topological polar surface area (TPSA) is 88.0 Å². The van der Waals surface area contributed by atoms with Crippen molar-refractivity contribution < 1.29 is 4.79 Å². The number of carbonyl (C=O) groups excluding carboxylic acids is 1. The first-order chi connectivity index (χ1) is 8.47. The van der Waals surface area contributed by atoms with Crippen LogP contribution in [0.1, 0.15) is 16.7 Å². The first kappa shape index (κ1) is 12.2. The molecule has 0 spiro atoms. The summed E-state index contributed by atoms with van der Waals surface area (Å²) >= 11 is 0. The summed E-state index contributed by atoms with van der Waals surface area (Å²) in [6.45, 7) is 4.08. The Morgan fingerprint density at radius 2 is 2.06 bits per heavy atom. The summed E-state index contributed by atoms with van der Waals surface area (Å²) in [6.07, 6.45) is 0. The van der Waals surface area contributed by atoms with Gasteiger partial charge in [0.15, 0.2) is 0 Å². The fourth-order valence-corrected chi connectivity index (χ4v) is 2.05. The monoisotopic (exact) mass is 245 g/mol. The highest BCUT2D eigenvalue weighted by atomic mass is 16.2. The van der Waals surface area contributed by atoms with Crippen LogP contribution in [0.25, 0.3) is 10.9 Å². The van der Waals surface area contributed by atoms with Crippen LogP contribution in [0.3, 0.4) is 0 Å². The first-order valence-corrected chi connectivity index (χ1v) is 5.64. The van der Waals surface area contributed by atoms with E-state index in [2.05, 4.69) is 10.3 Å². The number of benzene rings is 1. The minimum Gasteiger partial charge on any atom is -0.352 e. The molecule has 0 aliphatic rings. The highest BCUT2D eigenvalue weighted by Gasteiger charge is 2.06. The number of H-pyrrole nitrogens is 1. The van der Waals surface area contributed by atoms with E-state index in [4.69, 9.17) is 5.73 Å². The predicted molar refractivity (Wildman–Crippen MR) is 70.5 cm³/mol. The minimum absolute atomic E-state index is 0.133. The van der Waals surface area contributed by atoms with E-state index in [0.717, 1.165) is 22.0 Å². The van der Waals surface area contributed by atoms with Crippen LogP contribution in [0.4, 0.5) is 4.79 Å². The van der Waals surface area contributed by atoms with Crippen molar-refractivity contribution in [2.45, 2.75) is 20.4 Å². The number of hydrogen-bond acceptors (Lipinski definition) is 2. The highest BCUT2D eigenvalue weighted by Crippen LogP contribution is 2.17. The van der Waals surface area contributed by atoms with Gasteiger partial charge in [-0.05, 0) is 36.9 Å². The maximum atomic E-state index is 11.8. The SMILES string of the molecule is Cc1cc(C)c2[nH]c(=O)c(CNC(N)=O)cc2c1. The summed E-state index contributed by atoms with van der Waals surface area (Å²) in [4.78, 5) is 25.3. The molecule has 94 valence electrons. The molecule has 0 aliphatic heterocycles. The summed E-state index contributed by atoms with van der Waals surface area (Å²) in [7, 11) is 0. The molecule has 2 amide bonds. The average Bonchev–Trinajstić information content (AvgIpc) is 2.27. The Morgan fingerprint density at radius 3 is 2.72 bits per heavy atom. The smallest absolute Gasteiger partial charge is 0.312 e. The number of pyridine rings is 1. The summed E-state index contributed by atoms with van der Waals surface area (Å²) in [5.74, 6) is 0. The van der Waals surface area contributed by atoms with Crippen molar-refractivity contribution in [1.29, 1.82) is 0 Å². The number of nitrogens with two attached hydrogens (primary N) is 1. The molecular formula is C13H15N3O2. The molecule has 0 aliphatic carbocycles. The van der Waals surface area contributed by atoms with E-state index in [1.54, 1.807) is 6.07 Å². The molecule has 5 heteroatoms. The summed E-state index contributed by atoms with van der Waals surface area (Å²) in [5.41, 5.74) is 8.25. The Morgan fingerprint density at radius 1 is 1.33 bits per heavy atom. The van der Waals surface area contributed by atoms with Gasteiger partial charge in [-0.15, -0.1) is 0 Å². The molecule has 4 N–H and O–H groups in total. The highest BCUT2D eigenvalue weighted by molar-refractivity contribution is 5.83. The third-order valence-corrected chi connectivity index (χ3v) is 2.82. The molecule has 1 heterocycles. The number of urea groups is 1.